The molecule has 0 rings (SSSR count). The van der Waals surface area contributed by atoms with Gasteiger partial charge in [0.2, 0.25) is 0 Å². The van der Waals surface area contributed by atoms with Crippen molar-refractivity contribution in [2.24, 2.45) is 0 Å². The van der Waals surface area contributed by atoms with Crippen LogP contribution in [0.15, 0.2) is 0 Å². The molecule has 0 aliphatic rings. The summed E-state index contributed by atoms with van der Waals surface area (Å²) in [6, 6.07) is 1.17. The fourth-order valence-corrected chi connectivity index (χ4v) is 2.50. The van der Waals surface area contributed by atoms with Gasteiger partial charge in [-0.3, -0.25) is 0 Å². The van der Waals surface area contributed by atoms with Crippen molar-refractivity contribution in [2.45, 2.75) is 38.9 Å². The summed E-state index contributed by atoms with van der Waals surface area (Å²) in [7, 11) is 1.19. The Labute approximate surface area is 88.5 Å². The monoisotopic (exact) mass is 224 g/mol. The van der Waals surface area contributed by atoms with Crippen LogP contribution < -0.4 is 0 Å². The Hall–Kier alpha value is 0.447. The molecule has 0 bridgehead atoms. The van der Waals surface area contributed by atoms with E-state index < -0.39 is 9.76 Å². The van der Waals surface area contributed by atoms with Crippen molar-refractivity contribution in [1.82, 2.24) is 0 Å². The first-order valence-corrected chi connectivity index (χ1v) is 6.82. The van der Waals surface area contributed by atoms with Gasteiger partial charge in [-0.15, -0.1) is 0 Å². The third-order valence-electron chi connectivity index (χ3n) is 1.62. The first-order valence-electron chi connectivity index (χ1n) is 4.61. The van der Waals surface area contributed by atoms with Gasteiger partial charge in [0.25, 0.3) is 0 Å². The van der Waals surface area contributed by atoms with E-state index in [2.05, 4.69) is 12.6 Å². The molecule has 0 aromatic carbocycles. The van der Waals surface area contributed by atoms with Crippen LogP contribution in [0, 0.1) is 0 Å². The lowest BCUT2D eigenvalue weighted by atomic mass is 10.6. The van der Waals surface area contributed by atoms with Gasteiger partial charge in [0.15, 0.2) is 16.1 Å². The van der Waals surface area contributed by atoms with Crippen LogP contribution in [0.2, 0.25) is 6.04 Å². The van der Waals surface area contributed by atoms with Crippen molar-refractivity contribution in [3.63, 3.8) is 0 Å². The molecule has 0 aromatic heterocycles. The summed E-state index contributed by atoms with van der Waals surface area (Å²) < 4.78 is 15.8. The number of rotatable bonds is 8. The predicted octanol–water partition coefficient (Wildman–Crippen LogP) is 1.18. The van der Waals surface area contributed by atoms with E-state index in [0.717, 1.165) is 12.2 Å². The molecule has 2 unspecified atom stereocenters. The smallest absolute Gasteiger partial charge is 0.165 e. The number of ether oxygens (including phenoxy) is 2. The van der Waals surface area contributed by atoms with Crippen LogP contribution in [-0.2, 0) is 13.9 Å². The molecule has 80 valence electrons. The molecule has 0 radical (unpaired) electrons. The van der Waals surface area contributed by atoms with Crippen molar-refractivity contribution in [2.75, 3.05) is 12.9 Å². The van der Waals surface area contributed by atoms with E-state index in [-0.39, 0.29) is 12.6 Å². The highest BCUT2D eigenvalue weighted by atomic mass is 32.1. The Morgan fingerprint density at radius 2 is 2.00 bits per heavy atom. The molecular formula is C8H20O3SSi. The minimum atomic E-state index is -0.427. The molecule has 3 nitrogen and oxygen atoms in total. The largest absolute Gasteiger partial charge is 0.400 e. The van der Waals surface area contributed by atoms with E-state index in [0.29, 0.717) is 0 Å². The van der Waals surface area contributed by atoms with E-state index in [9.17, 15) is 0 Å². The van der Waals surface area contributed by atoms with Crippen molar-refractivity contribution < 1.29 is 13.9 Å². The van der Waals surface area contributed by atoms with Crippen LogP contribution in [0.3, 0.4) is 0 Å². The van der Waals surface area contributed by atoms with Crippen LogP contribution in [0.5, 0.6) is 0 Å². The average molecular weight is 224 g/mol. The second kappa shape index (κ2) is 9.02. The Bertz CT molecular complexity index is 116. The van der Waals surface area contributed by atoms with E-state index >= 15 is 0 Å². The van der Waals surface area contributed by atoms with Gasteiger partial charge in [-0.05, 0) is 32.1 Å². The third kappa shape index (κ3) is 8.77. The summed E-state index contributed by atoms with van der Waals surface area (Å²) >= 11 is 4.13. The molecule has 0 fully saturated rings. The Morgan fingerprint density at radius 1 is 1.31 bits per heavy atom. The van der Waals surface area contributed by atoms with Crippen LogP contribution in [0.25, 0.3) is 0 Å². The molecule has 0 amide bonds. The molecule has 0 N–H and O–H groups in total. The molecule has 13 heavy (non-hydrogen) atoms. The SMILES string of the molecule is COC(C)OC(C)O[SiH2]CCCS. The normalized spacial score (nSPS) is 16.6. The Morgan fingerprint density at radius 3 is 2.54 bits per heavy atom. The maximum Gasteiger partial charge on any atom is 0.165 e. The highest BCUT2D eigenvalue weighted by molar-refractivity contribution is 7.80. The van der Waals surface area contributed by atoms with Crippen LogP contribution in [0.1, 0.15) is 20.3 Å². The predicted molar refractivity (Wildman–Crippen MR) is 59.9 cm³/mol. The summed E-state index contributed by atoms with van der Waals surface area (Å²) in [5.41, 5.74) is 0. The fraction of sp³-hybridized carbons (Fsp3) is 1.00. The molecule has 0 spiro atoms. The maximum absolute atomic E-state index is 5.52. The topological polar surface area (TPSA) is 27.7 Å². The van der Waals surface area contributed by atoms with Crippen molar-refractivity contribution in [1.29, 1.82) is 0 Å². The molecule has 0 saturated carbocycles. The zero-order valence-corrected chi connectivity index (χ0v) is 11.0. The van der Waals surface area contributed by atoms with Gasteiger partial charge in [-0.2, -0.15) is 12.6 Å². The maximum atomic E-state index is 5.52. The molecule has 0 heterocycles. The zero-order chi connectivity index (χ0) is 10.1. The Kier molecular flexibility index (Phi) is 9.33. The number of methoxy groups -OCH3 is 1. The van der Waals surface area contributed by atoms with Gasteiger partial charge < -0.3 is 13.9 Å². The molecule has 0 aliphatic carbocycles. The van der Waals surface area contributed by atoms with E-state index in [4.69, 9.17) is 13.9 Å². The van der Waals surface area contributed by atoms with Crippen molar-refractivity contribution in [3.05, 3.63) is 0 Å². The molecule has 2 atom stereocenters. The third-order valence-corrected chi connectivity index (χ3v) is 3.43. The lowest BCUT2D eigenvalue weighted by molar-refractivity contribution is -0.193. The second-order valence-electron chi connectivity index (χ2n) is 2.81. The summed E-state index contributed by atoms with van der Waals surface area (Å²) in [5.74, 6) is 0.945. The van der Waals surface area contributed by atoms with Gasteiger partial charge in [0, 0.05) is 7.11 Å². The minimum absolute atomic E-state index is 0.137. The van der Waals surface area contributed by atoms with Gasteiger partial charge in [-0.25, -0.2) is 0 Å². The van der Waals surface area contributed by atoms with E-state index in [1.807, 2.05) is 13.8 Å². The summed E-state index contributed by atoms with van der Waals surface area (Å²) in [4.78, 5) is 0. The van der Waals surface area contributed by atoms with Crippen LogP contribution in [0.4, 0.5) is 0 Å². The Balaban J connectivity index is 3.24. The van der Waals surface area contributed by atoms with Crippen molar-refractivity contribution >= 4 is 22.4 Å². The molecule has 0 aromatic rings. The van der Waals surface area contributed by atoms with Crippen LogP contribution >= 0.6 is 12.6 Å². The van der Waals surface area contributed by atoms with Gasteiger partial charge >= 0.3 is 0 Å². The van der Waals surface area contributed by atoms with Crippen LogP contribution in [-0.4, -0.2) is 35.2 Å². The first kappa shape index (κ1) is 13.4. The summed E-state index contributed by atoms with van der Waals surface area (Å²) in [6.07, 6.45) is 0.817. The minimum Gasteiger partial charge on any atom is -0.400 e. The molecule has 5 heteroatoms. The number of hydrogen-bond acceptors (Lipinski definition) is 4. The summed E-state index contributed by atoms with van der Waals surface area (Å²) in [6.45, 7) is 3.76. The van der Waals surface area contributed by atoms with E-state index in [1.54, 1.807) is 7.11 Å². The van der Waals surface area contributed by atoms with Crippen molar-refractivity contribution in [3.8, 4) is 0 Å². The van der Waals surface area contributed by atoms with Gasteiger partial charge in [0.1, 0.15) is 6.29 Å². The molecule has 0 saturated heterocycles. The standard InChI is InChI=1S/C8H20O3SSi/c1-7(9-3)10-8(2)11-13-6-4-5-12/h7-8,12H,4-6,13H2,1-3H3. The highest BCUT2D eigenvalue weighted by Crippen LogP contribution is 2.01. The number of thiol groups is 1. The second-order valence-corrected chi connectivity index (χ2v) is 4.70. The van der Waals surface area contributed by atoms with Gasteiger partial charge in [-0.1, -0.05) is 0 Å². The average Bonchev–Trinajstić information content (AvgIpc) is 2.12. The molecular weight excluding hydrogens is 204 g/mol. The van der Waals surface area contributed by atoms with E-state index in [1.165, 1.54) is 6.04 Å². The fourth-order valence-electron chi connectivity index (χ4n) is 0.828. The van der Waals surface area contributed by atoms with Gasteiger partial charge in [0.05, 0.1) is 0 Å². The number of hydrogen-bond donors (Lipinski definition) is 1. The lowest BCUT2D eigenvalue weighted by Crippen LogP contribution is -2.22. The quantitative estimate of drug-likeness (QED) is 0.290. The highest BCUT2D eigenvalue weighted by Gasteiger charge is 2.06. The molecule has 0 aliphatic heterocycles. The summed E-state index contributed by atoms with van der Waals surface area (Å²) in [5, 5.41) is 0. The lowest BCUT2D eigenvalue weighted by Gasteiger charge is -2.18. The zero-order valence-electron chi connectivity index (χ0n) is 8.66. The first-order chi connectivity index (χ1) is 6.20.